The molecule has 2 N–H and O–H groups in total. The summed E-state index contributed by atoms with van der Waals surface area (Å²) in [4.78, 5) is 23.4. The summed E-state index contributed by atoms with van der Waals surface area (Å²) in [6.45, 7) is 8.68. The Morgan fingerprint density at radius 2 is 1.74 bits per heavy atom. The molecule has 1 aromatic rings. The van der Waals surface area contributed by atoms with Crippen LogP contribution in [0.2, 0.25) is 0 Å². The van der Waals surface area contributed by atoms with Crippen LogP contribution in [-0.2, 0) is 9.59 Å². The Hall–Kier alpha value is -2.04. The first-order valence-corrected chi connectivity index (χ1v) is 8.25. The molecule has 0 aliphatic carbocycles. The van der Waals surface area contributed by atoms with Crippen LogP contribution in [0.25, 0.3) is 0 Å². The highest BCUT2D eigenvalue weighted by Gasteiger charge is 2.16. The standard InChI is InChI=1S/C18H28N2O3/c1-5-8-17(21)19-11-12-20-18(22)14(4)23-16-10-7-6-9-15(16)13(2)3/h6-7,9-10,13-14H,5,8,11-12H2,1-4H3,(H,19,21)(H,20,22). The number of carbonyl (C=O) groups is 2. The van der Waals surface area contributed by atoms with Crippen molar-refractivity contribution in [3.8, 4) is 5.75 Å². The zero-order chi connectivity index (χ0) is 17.2. The molecule has 23 heavy (non-hydrogen) atoms. The van der Waals surface area contributed by atoms with Crippen molar-refractivity contribution in [2.45, 2.75) is 52.6 Å². The van der Waals surface area contributed by atoms with Gasteiger partial charge >= 0.3 is 0 Å². The summed E-state index contributed by atoms with van der Waals surface area (Å²) in [6, 6.07) is 7.75. The minimum Gasteiger partial charge on any atom is -0.481 e. The number of hydrogen-bond donors (Lipinski definition) is 2. The lowest BCUT2D eigenvalue weighted by Crippen LogP contribution is -2.40. The number of carbonyl (C=O) groups excluding carboxylic acids is 2. The van der Waals surface area contributed by atoms with Crippen molar-refractivity contribution in [1.82, 2.24) is 10.6 Å². The van der Waals surface area contributed by atoms with Crippen molar-refractivity contribution in [2.75, 3.05) is 13.1 Å². The maximum absolute atomic E-state index is 12.1. The smallest absolute Gasteiger partial charge is 0.260 e. The molecule has 0 radical (unpaired) electrons. The second kappa shape index (κ2) is 9.87. The minimum atomic E-state index is -0.582. The molecular weight excluding hydrogens is 292 g/mol. The predicted molar refractivity (Wildman–Crippen MR) is 91.5 cm³/mol. The number of nitrogens with one attached hydrogen (secondary N) is 2. The molecule has 128 valence electrons. The van der Waals surface area contributed by atoms with Crippen LogP contribution in [0.15, 0.2) is 24.3 Å². The first-order chi connectivity index (χ1) is 11.0. The number of hydrogen-bond acceptors (Lipinski definition) is 3. The van der Waals surface area contributed by atoms with Crippen molar-refractivity contribution in [3.63, 3.8) is 0 Å². The zero-order valence-electron chi connectivity index (χ0n) is 14.5. The second-order valence-electron chi connectivity index (χ2n) is 5.84. The molecule has 0 bridgehead atoms. The van der Waals surface area contributed by atoms with Gasteiger partial charge in [-0.3, -0.25) is 9.59 Å². The molecule has 5 heteroatoms. The van der Waals surface area contributed by atoms with Crippen LogP contribution in [0, 0.1) is 0 Å². The topological polar surface area (TPSA) is 67.4 Å². The maximum atomic E-state index is 12.1. The first kappa shape index (κ1) is 19.0. The second-order valence-corrected chi connectivity index (χ2v) is 5.84. The lowest BCUT2D eigenvalue weighted by atomic mass is 10.0. The largest absolute Gasteiger partial charge is 0.481 e. The Labute approximate surface area is 138 Å². The van der Waals surface area contributed by atoms with Gasteiger partial charge in [0, 0.05) is 19.5 Å². The number of benzene rings is 1. The number of rotatable bonds is 9. The molecule has 0 aromatic heterocycles. The summed E-state index contributed by atoms with van der Waals surface area (Å²) < 4.78 is 5.79. The summed E-state index contributed by atoms with van der Waals surface area (Å²) in [6.07, 6.45) is 0.749. The van der Waals surface area contributed by atoms with Gasteiger partial charge in [0.05, 0.1) is 0 Å². The van der Waals surface area contributed by atoms with Gasteiger partial charge in [-0.15, -0.1) is 0 Å². The first-order valence-electron chi connectivity index (χ1n) is 8.25. The summed E-state index contributed by atoms with van der Waals surface area (Å²) in [7, 11) is 0. The quantitative estimate of drug-likeness (QED) is 0.687. The van der Waals surface area contributed by atoms with Crippen LogP contribution in [0.1, 0.15) is 52.0 Å². The van der Waals surface area contributed by atoms with Gasteiger partial charge in [-0.05, 0) is 30.9 Å². The summed E-state index contributed by atoms with van der Waals surface area (Å²) in [5.74, 6) is 0.891. The number of para-hydroxylation sites is 1. The summed E-state index contributed by atoms with van der Waals surface area (Å²) >= 11 is 0. The molecule has 5 nitrogen and oxygen atoms in total. The Morgan fingerprint density at radius 1 is 1.09 bits per heavy atom. The van der Waals surface area contributed by atoms with Crippen LogP contribution in [0.5, 0.6) is 5.75 Å². The molecule has 0 saturated carbocycles. The fraction of sp³-hybridized carbons (Fsp3) is 0.556. The zero-order valence-corrected chi connectivity index (χ0v) is 14.5. The summed E-state index contributed by atoms with van der Waals surface area (Å²) in [5.41, 5.74) is 1.08. The van der Waals surface area contributed by atoms with Crippen LogP contribution >= 0.6 is 0 Å². The van der Waals surface area contributed by atoms with E-state index >= 15 is 0 Å². The monoisotopic (exact) mass is 320 g/mol. The van der Waals surface area contributed by atoms with Gasteiger partial charge < -0.3 is 15.4 Å². The molecule has 1 rings (SSSR count). The predicted octanol–water partition coefficient (Wildman–Crippen LogP) is 2.61. The minimum absolute atomic E-state index is 0.0110. The SMILES string of the molecule is CCCC(=O)NCCNC(=O)C(C)Oc1ccccc1C(C)C. The highest BCUT2D eigenvalue weighted by molar-refractivity contribution is 5.81. The van der Waals surface area contributed by atoms with E-state index in [4.69, 9.17) is 4.74 Å². The third-order valence-corrected chi connectivity index (χ3v) is 3.44. The van der Waals surface area contributed by atoms with Crippen LogP contribution < -0.4 is 15.4 Å². The molecule has 0 heterocycles. The fourth-order valence-corrected chi connectivity index (χ4v) is 2.16. The maximum Gasteiger partial charge on any atom is 0.260 e. The Kier molecular flexibility index (Phi) is 8.16. The van der Waals surface area contributed by atoms with Crippen molar-refractivity contribution >= 4 is 11.8 Å². The van der Waals surface area contributed by atoms with Crippen molar-refractivity contribution in [1.29, 1.82) is 0 Å². The van der Waals surface area contributed by atoms with Crippen LogP contribution in [0.4, 0.5) is 0 Å². The van der Waals surface area contributed by atoms with E-state index in [2.05, 4.69) is 24.5 Å². The number of ether oxygens (including phenoxy) is 1. The van der Waals surface area contributed by atoms with Crippen LogP contribution in [0.3, 0.4) is 0 Å². The van der Waals surface area contributed by atoms with Gasteiger partial charge in [0.2, 0.25) is 5.91 Å². The van der Waals surface area contributed by atoms with Crippen LogP contribution in [-0.4, -0.2) is 31.0 Å². The van der Waals surface area contributed by atoms with Gasteiger partial charge in [0.25, 0.3) is 5.91 Å². The Balaban J connectivity index is 2.41. The molecular formula is C18H28N2O3. The van der Waals surface area contributed by atoms with E-state index in [-0.39, 0.29) is 11.8 Å². The van der Waals surface area contributed by atoms with Crippen molar-refractivity contribution in [3.05, 3.63) is 29.8 Å². The van der Waals surface area contributed by atoms with Crippen molar-refractivity contribution < 1.29 is 14.3 Å². The van der Waals surface area contributed by atoms with E-state index < -0.39 is 6.10 Å². The van der Waals surface area contributed by atoms with Gasteiger partial charge in [-0.2, -0.15) is 0 Å². The average molecular weight is 320 g/mol. The van der Waals surface area contributed by atoms with E-state index in [0.717, 1.165) is 17.7 Å². The van der Waals surface area contributed by atoms with Gasteiger partial charge in [0.15, 0.2) is 6.10 Å². The van der Waals surface area contributed by atoms with E-state index in [0.29, 0.717) is 25.4 Å². The molecule has 0 aliphatic heterocycles. The van der Waals surface area contributed by atoms with Crippen molar-refractivity contribution in [2.24, 2.45) is 0 Å². The number of amides is 2. The fourth-order valence-electron chi connectivity index (χ4n) is 2.16. The van der Waals surface area contributed by atoms with E-state index in [9.17, 15) is 9.59 Å². The molecule has 2 amide bonds. The summed E-state index contributed by atoms with van der Waals surface area (Å²) in [5, 5.41) is 5.53. The molecule has 0 aliphatic rings. The third kappa shape index (κ3) is 6.72. The average Bonchev–Trinajstić information content (AvgIpc) is 2.51. The van der Waals surface area contributed by atoms with Gasteiger partial charge in [-0.25, -0.2) is 0 Å². The Morgan fingerprint density at radius 3 is 2.39 bits per heavy atom. The third-order valence-electron chi connectivity index (χ3n) is 3.44. The Bertz CT molecular complexity index is 515. The van der Waals surface area contributed by atoms with E-state index in [1.165, 1.54) is 0 Å². The highest BCUT2D eigenvalue weighted by atomic mass is 16.5. The van der Waals surface area contributed by atoms with E-state index in [1.807, 2.05) is 31.2 Å². The van der Waals surface area contributed by atoms with Gasteiger partial charge in [0.1, 0.15) is 5.75 Å². The lowest BCUT2D eigenvalue weighted by Gasteiger charge is -2.18. The highest BCUT2D eigenvalue weighted by Crippen LogP contribution is 2.26. The van der Waals surface area contributed by atoms with E-state index in [1.54, 1.807) is 6.92 Å². The molecule has 0 fully saturated rings. The molecule has 0 saturated heterocycles. The molecule has 1 unspecified atom stereocenters. The normalized spacial score (nSPS) is 11.9. The molecule has 1 atom stereocenters. The van der Waals surface area contributed by atoms with Gasteiger partial charge in [-0.1, -0.05) is 39.0 Å². The lowest BCUT2D eigenvalue weighted by molar-refractivity contribution is -0.127. The molecule has 1 aromatic carbocycles. The molecule has 0 spiro atoms.